The fourth-order valence-electron chi connectivity index (χ4n) is 3.10. The minimum absolute atomic E-state index is 0. The Hall–Kier alpha value is -2.85. The number of halogens is 1. The van der Waals surface area contributed by atoms with Crippen LogP contribution in [0.3, 0.4) is 0 Å². The minimum atomic E-state index is 0. The van der Waals surface area contributed by atoms with Gasteiger partial charge in [-0.25, -0.2) is 4.98 Å². The summed E-state index contributed by atoms with van der Waals surface area (Å²) in [6, 6.07) is 18.4. The average Bonchev–Trinajstić information content (AvgIpc) is 2.59. The van der Waals surface area contributed by atoms with Gasteiger partial charge < -0.3 is 23.9 Å². The summed E-state index contributed by atoms with van der Waals surface area (Å²) < 4.78 is 2.17. The van der Waals surface area contributed by atoms with Gasteiger partial charge in [0.1, 0.15) is 5.52 Å². The number of nitrogen functional groups attached to an aromatic ring is 2. The Balaban J connectivity index is 0.00000182. The highest BCUT2D eigenvalue weighted by atomic mass is 35.5. The number of nitrogens with two attached hydrogens (primary N) is 2. The van der Waals surface area contributed by atoms with Gasteiger partial charge in [-0.15, -0.1) is 4.57 Å². The van der Waals surface area contributed by atoms with Crippen LogP contribution in [0, 0.1) is 13.8 Å². The van der Waals surface area contributed by atoms with Crippen LogP contribution in [0.2, 0.25) is 0 Å². The van der Waals surface area contributed by atoms with E-state index in [1.54, 1.807) is 0 Å². The third-order valence-electron chi connectivity index (χ3n) is 4.49. The molecular formula is C20H19ClN4. The minimum Gasteiger partial charge on any atom is -1.00 e. The van der Waals surface area contributed by atoms with Crippen molar-refractivity contribution in [3.63, 3.8) is 0 Å². The van der Waals surface area contributed by atoms with Crippen LogP contribution in [0.1, 0.15) is 11.1 Å². The molecule has 1 aromatic heterocycles. The lowest BCUT2D eigenvalue weighted by molar-refractivity contribution is -0.538. The van der Waals surface area contributed by atoms with E-state index in [9.17, 15) is 0 Å². The Labute approximate surface area is 152 Å². The van der Waals surface area contributed by atoms with Crippen LogP contribution in [0.25, 0.3) is 27.8 Å². The van der Waals surface area contributed by atoms with Crippen LogP contribution in [-0.4, -0.2) is 4.98 Å². The summed E-state index contributed by atoms with van der Waals surface area (Å²) >= 11 is 0. The summed E-state index contributed by atoms with van der Waals surface area (Å²) in [5.74, 6) is 0. The second-order valence-corrected chi connectivity index (χ2v) is 6.15. The zero-order valence-electron chi connectivity index (χ0n) is 14.1. The van der Waals surface area contributed by atoms with Crippen LogP contribution in [-0.2, 0) is 0 Å². The van der Waals surface area contributed by atoms with Gasteiger partial charge in [0.05, 0.1) is 5.69 Å². The molecule has 4 rings (SSSR count). The van der Waals surface area contributed by atoms with Crippen LogP contribution in [0.4, 0.5) is 11.4 Å². The average molecular weight is 351 g/mol. The molecule has 0 fully saturated rings. The van der Waals surface area contributed by atoms with E-state index in [4.69, 9.17) is 16.5 Å². The molecule has 0 amide bonds. The van der Waals surface area contributed by atoms with Gasteiger partial charge in [-0.05, 0) is 31.0 Å². The van der Waals surface area contributed by atoms with Crippen molar-refractivity contribution in [3.05, 3.63) is 65.7 Å². The van der Waals surface area contributed by atoms with E-state index in [0.717, 1.165) is 33.3 Å². The first-order valence-corrected chi connectivity index (χ1v) is 7.92. The molecule has 0 aliphatic carbocycles. The van der Waals surface area contributed by atoms with E-state index in [-0.39, 0.29) is 12.4 Å². The molecule has 4 aromatic rings. The number of fused-ring (bicyclic) bond motifs is 2. The molecule has 3 aromatic carbocycles. The van der Waals surface area contributed by atoms with Gasteiger partial charge in [0, 0.05) is 30.0 Å². The van der Waals surface area contributed by atoms with Crippen molar-refractivity contribution in [3.8, 4) is 5.69 Å². The van der Waals surface area contributed by atoms with Gasteiger partial charge >= 0.3 is 0 Å². The van der Waals surface area contributed by atoms with Crippen molar-refractivity contribution in [2.24, 2.45) is 0 Å². The quantitative estimate of drug-likeness (QED) is 0.297. The first kappa shape index (κ1) is 17.0. The van der Waals surface area contributed by atoms with Gasteiger partial charge in [0.15, 0.2) is 5.52 Å². The number of nitrogens with zero attached hydrogens (tertiary/aromatic N) is 2. The zero-order chi connectivity index (χ0) is 16.8. The Morgan fingerprint density at radius 3 is 2.32 bits per heavy atom. The zero-order valence-corrected chi connectivity index (χ0v) is 14.9. The molecule has 5 heteroatoms. The fourth-order valence-corrected chi connectivity index (χ4v) is 3.10. The summed E-state index contributed by atoms with van der Waals surface area (Å²) in [4.78, 5) is 4.82. The summed E-state index contributed by atoms with van der Waals surface area (Å²) in [7, 11) is 0. The van der Waals surface area contributed by atoms with E-state index in [1.165, 1.54) is 5.56 Å². The number of para-hydroxylation sites is 1. The number of aromatic nitrogens is 2. The Morgan fingerprint density at radius 1 is 0.880 bits per heavy atom. The SMILES string of the molecule is Cc1ccc2c(c1)nc1c(N)c(C)c(N)cc1[n+]2-c1ccccc1.[Cl-]. The molecule has 0 unspecified atom stereocenters. The van der Waals surface area contributed by atoms with Gasteiger partial charge in [0.25, 0.3) is 0 Å². The highest BCUT2D eigenvalue weighted by molar-refractivity contribution is 5.94. The van der Waals surface area contributed by atoms with Gasteiger partial charge in [-0.1, -0.05) is 24.3 Å². The fraction of sp³-hybridized carbons (Fsp3) is 0.100. The molecule has 4 N–H and O–H groups in total. The van der Waals surface area contributed by atoms with E-state index < -0.39 is 0 Å². The monoisotopic (exact) mass is 350 g/mol. The molecule has 0 atom stereocenters. The highest BCUT2D eigenvalue weighted by Gasteiger charge is 2.22. The number of benzene rings is 3. The van der Waals surface area contributed by atoms with Crippen molar-refractivity contribution in [2.45, 2.75) is 13.8 Å². The second kappa shape index (κ2) is 6.22. The lowest BCUT2D eigenvalue weighted by Gasteiger charge is -2.10. The van der Waals surface area contributed by atoms with Crippen LogP contribution < -0.4 is 28.4 Å². The second-order valence-electron chi connectivity index (χ2n) is 6.15. The van der Waals surface area contributed by atoms with Crippen LogP contribution >= 0.6 is 0 Å². The molecule has 25 heavy (non-hydrogen) atoms. The van der Waals surface area contributed by atoms with E-state index in [2.05, 4.69) is 41.8 Å². The lowest BCUT2D eigenvalue weighted by atomic mass is 10.1. The molecule has 0 spiro atoms. The first-order valence-electron chi connectivity index (χ1n) is 7.92. The number of aryl methyl sites for hydroxylation is 1. The maximum Gasteiger partial charge on any atom is 0.241 e. The van der Waals surface area contributed by atoms with Crippen molar-refractivity contribution >= 4 is 33.4 Å². The molecule has 0 bridgehead atoms. The first-order chi connectivity index (χ1) is 11.6. The van der Waals surface area contributed by atoms with Crippen molar-refractivity contribution in [1.82, 2.24) is 4.98 Å². The summed E-state index contributed by atoms with van der Waals surface area (Å²) in [6.45, 7) is 3.99. The molecule has 126 valence electrons. The van der Waals surface area contributed by atoms with Crippen molar-refractivity contribution < 1.29 is 17.0 Å². The number of hydrogen-bond acceptors (Lipinski definition) is 3. The van der Waals surface area contributed by atoms with Gasteiger partial charge in [0.2, 0.25) is 16.7 Å². The molecule has 0 saturated carbocycles. The Morgan fingerprint density at radius 2 is 1.60 bits per heavy atom. The van der Waals surface area contributed by atoms with Crippen LogP contribution in [0.15, 0.2) is 54.6 Å². The summed E-state index contributed by atoms with van der Waals surface area (Å²) in [5, 5.41) is 0. The van der Waals surface area contributed by atoms with Crippen LogP contribution in [0.5, 0.6) is 0 Å². The molecule has 0 aliphatic heterocycles. The third-order valence-corrected chi connectivity index (χ3v) is 4.49. The van der Waals surface area contributed by atoms with Gasteiger partial charge in [-0.3, -0.25) is 0 Å². The van der Waals surface area contributed by atoms with Gasteiger partial charge in [-0.2, -0.15) is 0 Å². The Kier molecular flexibility index (Phi) is 4.23. The highest BCUT2D eigenvalue weighted by Crippen LogP contribution is 2.28. The molecule has 0 saturated heterocycles. The number of rotatable bonds is 1. The summed E-state index contributed by atoms with van der Waals surface area (Å²) in [6.07, 6.45) is 0. The maximum absolute atomic E-state index is 6.34. The standard InChI is InChI=1S/C20H18N4.ClH/c1-12-8-9-17-16(10-12)23-20-18(11-15(21)13(2)19(20)22)24(17)14-6-4-3-5-7-14;/h3-11H,1-2H3,(H3,21,22);1H. The predicted molar refractivity (Wildman–Crippen MR) is 99.1 cm³/mol. The molecule has 0 radical (unpaired) electrons. The molecule has 1 heterocycles. The third kappa shape index (κ3) is 2.65. The van der Waals surface area contributed by atoms with Crippen molar-refractivity contribution in [2.75, 3.05) is 11.5 Å². The number of hydrogen-bond donors (Lipinski definition) is 2. The number of anilines is 2. The topological polar surface area (TPSA) is 68.8 Å². The molecular weight excluding hydrogens is 332 g/mol. The van der Waals surface area contributed by atoms with Crippen molar-refractivity contribution in [1.29, 1.82) is 0 Å². The Bertz CT molecular complexity index is 1090. The normalized spacial score (nSPS) is 10.8. The predicted octanol–water partition coefficient (Wildman–Crippen LogP) is 0.450. The summed E-state index contributed by atoms with van der Waals surface area (Å²) in [5.41, 5.74) is 20.6. The van der Waals surface area contributed by atoms with E-state index in [0.29, 0.717) is 11.4 Å². The molecule has 0 aliphatic rings. The van der Waals surface area contributed by atoms with E-state index in [1.807, 2.05) is 31.2 Å². The smallest absolute Gasteiger partial charge is 0.241 e. The maximum atomic E-state index is 6.34. The lowest BCUT2D eigenvalue weighted by Crippen LogP contribution is -3.00. The largest absolute Gasteiger partial charge is 1.00 e. The van der Waals surface area contributed by atoms with E-state index >= 15 is 0 Å². The molecule has 4 nitrogen and oxygen atoms in total.